The van der Waals surface area contributed by atoms with Crippen LogP contribution in [0.15, 0.2) is 6.20 Å². The zero-order valence-electron chi connectivity index (χ0n) is 13.4. The highest BCUT2D eigenvalue weighted by atomic mass is 32.1. The monoisotopic (exact) mass is 329 g/mol. The fraction of sp³-hybridized carbons (Fsp3) is 0.467. The summed E-state index contributed by atoms with van der Waals surface area (Å²) in [5.41, 5.74) is 2.10. The van der Waals surface area contributed by atoms with E-state index in [-0.39, 0.29) is 0 Å². The second-order valence-electron chi connectivity index (χ2n) is 5.57. The van der Waals surface area contributed by atoms with Gasteiger partial charge in [-0.2, -0.15) is 14.9 Å². The molecule has 3 heterocycles. The molecule has 2 aromatic heterocycles. The van der Waals surface area contributed by atoms with Crippen LogP contribution in [0.2, 0.25) is 0 Å². The topological polar surface area (TPSA) is 81.3 Å². The van der Waals surface area contributed by atoms with Crippen LogP contribution in [0.5, 0.6) is 0 Å². The van der Waals surface area contributed by atoms with Crippen molar-refractivity contribution in [3.05, 3.63) is 17.3 Å². The highest BCUT2D eigenvalue weighted by Crippen LogP contribution is 2.35. The van der Waals surface area contributed by atoms with Crippen LogP contribution < -0.4 is 15.5 Å². The molecule has 0 radical (unpaired) electrons. The number of nitrogens with zero attached hydrogens (tertiary/aromatic N) is 5. The predicted molar refractivity (Wildman–Crippen MR) is 93.8 cm³/mol. The number of thiocarbonyl (C=S) groups is 1. The third-order valence-corrected chi connectivity index (χ3v) is 4.60. The Morgan fingerprint density at radius 2 is 2.35 bits per heavy atom. The molecule has 2 aromatic rings. The Labute approximate surface area is 140 Å². The van der Waals surface area contributed by atoms with Gasteiger partial charge in [-0.25, -0.2) is 4.98 Å². The molecule has 7 nitrogen and oxygen atoms in total. The van der Waals surface area contributed by atoms with Gasteiger partial charge in [0.25, 0.3) is 0 Å². The molecule has 1 aliphatic rings. The first-order valence-corrected chi connectivity index (χ1v) is 8.07. The van der Waals surface area contributed by atoms with Gasteiger partial charge in [0.2, 0.25) is 0 Å². The summed E-state index contributed by atoms with van der Waals surface area (Å²) in [5.74, 6) is 1.71. The molecule has 3 rings (SSSR count). The predicted octanol–water partition coefficient (Wildman–Crippen LogP) is 1.68. The maximum absolute atomic E-state index is 9.30. The third kappa shape index (κ3) is 2.47. The van der Waals surface area contributed by atoms with E-state index in [2.05, 4.69) is 45.5 Å². The van der Waals surface area contributed by atoms with E-state index in [1.807, 2.05) is 0 Å². The first-order valence-electron chi connectivity index (χ1n) is 7.66. The summed E-state index contributed by atoms with van der Waals surface area (Å²) in [6.07, 6.45) is 3.47. The first-order chi connectivity index (χ1) is 11.1. The van der Waals surface area contributed by atoms with Gasteiger partial charge in [0.05, 0.1) is 6.20 Å². The van der Waals surface area contributed by atoms with Crippen molar-refractivity contribution < 1.29 is 0 Å². The van der Waals surface area contributed by atoms with Gasteiger partial charge in [0, 0.05) is 25.2 Å². The van der Waals surface area contributed by atoms with Gasteiger partial charge < -0.3 is 15.5 Å². The molecule has 0 saturated carbocycles. The van der Waals surface area contributed by atoms with Gasteiger partial charge in [-0.15, -0.1) is 0 Å². The summed E-state index contributed by atoms with van der Waals surface area (Å²) in [6, 6.07) is 2.54. The Morgan fingerprint density at radius 3 is 3.00 bits per heavy atom. The van der Waals surface area contributed by atoms with Crippen LogP contribution in [-0.4, -0.2) is 39.3 Å². The van der Waals surface area contributed by atoms with Gasteiger partial charge in [0.1, 0.15) is 23.3 Å². The number of nitriles is 1. The lowest BCUT2D eigenvalue weighted by molar-refractivity contribution is 0.623. The van der Waals surface area contributed by atoms with Crippen molar-refractivity contribution >= 4 is 34.6 Å². The summed E-state index contributed by atoms with van der Waals surface area (Å²) < 4.78 is 1.78. The van der Waals surface area contributed by atoms with Gasteiger partial charge in [-0.3, -0.25) is 0 Å². The number of rotatable bonds is 3. The van der Waals surface area contributed by atoms with Crippen molar-refractivity contribution in [3.63, 3.8) is 0 Å². The Hall–Kier alpha value is -2.40. The summed E-state index contributed by atoms with van der Waals surface area (Å²) in [5, 5.41) is 20.2. The van der Waals surface area contributed by atoms with Crippen LogP contribution in [0, 0.1) is 11.3 Å². The number of anilines is 2. The number of hydrogen-bond acceptors (Lipinski definition) is 5. The van der Waals surface area contributed by atoms with E-state index >= 15 is 0 Å². The normalized spacial score (nSPS) is 14.4. The zero-order valence-corrected chi connectivity index (χ0v) is 14.2. The standard InChI is InChI=1S/C15H19N7S/c1-4-9(2)21-6-5-11-12(20-15(23)17-3)19-13-10(7-16)8-18-22(13)14(11)21/h8-9H,4-6H2,1-3H3,(H2,17,19,20,23). The first kappa shape index (κ1) is 15.5. The zero-order chi connectivity index (χ0) is 16.6. The minimum atomic E-state index is 0.390. The van der Waals surface area contributed by atoms with Crippen molar-refractivity contribution in [2.75, 3.05) is 23.8 Å². The van der Waals surface area contributed by atoms with E-state index in [4.69, 9.17) is 12.2 Å². The quantitative estimate of drug-likeness (QED) is 0.829. The van der Waals surface area contributed by atoms with Gasteiger partial charge in [-0.05, 0) is 32.0 Å². The lowest BCUT2D eigenvalue weighted by Crippen LogP contribution is -2.32. The summed E-state index contributed by atoms with van der Waals surface area (Å²) in [6.45, 7) is 5.27. The Morgan fingerprint density at radius 1 is 1.57 bits per heavy atom. The second-order valence-corrected chi connectivity index (χ2v) is 5.98. The summed E-state index contributed by atoms with van der Waals surface area (Å²) in [4.78, 5) is 6.92. The van der Waals surface area contributed by atoms with Crippen molar-refractivity contribution in [3.8, 4) is 6.07 Å². The molecular formula is C15H19N7S. The number of nitrogens with one attached hydrogen (secondary N) is 2. The molecule has 120 valence electrons. The van der Waals surface area contributed by atoms with Crippen molar-refractivity contribution in [2.24, 2.45) is 0 Å². The van der Waals surface area contributed by atoms with Crippen LogP contribution >= 0.6 is 12.2 Å². The smallest absolute Gasteiger partial charge is 0.177 e. The SMILES string of the molecule is CCC(C)N1CCc2c(NC(=S)NC)nc3c(C#N)cnn3c21. The van der Waals surface area contributed by atoms with Crippen molar-refractivity contribution in [1.29, 1.82) is 5.26 Å². The lowest BCUT2D eigenvalue weighted by atomic mass is 10.2. The van der Waals surface area contributed by atoms with Gasteiger partial charge in [-0.1, -0.05) is 6.92 Å². The van der Waals surface area contributed by atoms with E-state index in [1.165, 1.54) is 0 Å². The minimum absolute atomic E-state index is 0.390. The maximum Gasteiger partial charge on any atom is 0.177 e. The average Bonchev–Trinajstić information content (AvgIpc) is 3.17. The molecule has 8 heteroatoms. The number of aromatic nitrogens is 3. The summed E-state index contributed by atoms with van der Waals surface area (Å²) in [7, 11) is 1.76. The third-order valence-electron chi connectivity index (χ3n) is 4.30. The fourth-order valence-electron chi connectivity index (χ4n) is 2.88. The highest BCUT2D eigenvalue weighted by molar-refractivity contribution is 7.80. The molecule has 1 atom stereocenters. The average molecular weight is 329 g/mol. The second kappa shape index (κ2) is 6.01. The molecule has 0 fully saturated rings. The van der Waals surface area contributed by atoms with Crippen molar-refractivity contribution in [2.45, 2.75) is 32.7 Å². The van der Waals surface area contributed by atoms with E-state index in [1.54, 1.807) is 17.8 Å². The minimum Gasteiger partial charge on any atom is -0.365 e. The Bertz CT molecular complexity index is 804. The van der Waals surface area contributed by atoms with E-state index in [9.17, 15) is 5.26 Å². The molecule has 0 spiro atoms. The molecule has 2 N–H and O–H groups in total. The van der Waals surface area contributed by atoms with Gasteiger partial charge >= 0.3 is 0 Å². The molecule has 0 saturated heterocycles. The molecule has 0 amide bonds. The van der Waals surface area contributed by atoms with Crippen LogP contribution in [0.3, 0.4) is 0 Å². The Kier molecular flexibility index (Phi) is 4.05. The van der Waals surface area contributed by atoms with E-state index in [0.29, 0.717) is 28.2 Å². The largest absolute Gasteiger partial charge is 0.365 e. The maximum atomic E-state index is 9.30. The van der Waals surface area contributed by atoms with Crippen LogP contribution in [-0.2, 0) is 6.42 Å². The fourth-order valence-corrected chi connectivity index (χ4v) is 2.97. The van der Waals surface area contributed by atoms with Gasteiger partial charge in [0.15, 0.2) is 10.8 Å². The lowest BCUT2D eigenvalue weighted by Gasteiger charge is -2.26. The van der Waals surface area contributed by atoms with Crippen LogP contribution in [0.4, 0.5) is 11.6 Å². The van der Waals surface area contributed by atoms with E-state index in [0.717, 1.165) is 30.8 Å². The molecular weight excluding hydrogens is 310 g/mol. The molecule has 23 heavy (non-hydrogen) atoms. The molecule has 0 aliphatic carbocycles. The number of fused-ring (bicyclic) bond motifs is 3. The molecule has 0 bridgehead atoms. The summed E-state index contributed by atoms with van der Waals surface area (Å²) >= 11 is 5.21. The highest BCUT2D eigenvalue weighted by Gasteiger charge is 2.30. The molecule has 0 aromatic carbocycles. The van der Waals surface area contributed by atoms with Crippen molar-refractivity contribution in [1.82, 2.24) is 19.9 Å². The van der Waals surface area contributed by atoms with E-state index < -0.39 is 0 Å². The molecule has 1 aliphatic heterocycles. The number of hydrogen-bond donors (Lipinski definition) is 2. The van der Waals surface area contributed by atoms with Crippen LogP contribution in [0.25, 0.3) is 5.65 Å². The van der Waals surface area contributed by atoms with Crippen LogP contribution in [0.1, 0.15) is 31.4 Å². The Balaban J connectivity index is 2.22. The molecule has 1 unspecified atom stereocenters.